The van der Waals surface area contributed by atoms with Crippen LogP contribution in [0.2, 0.25) is 0 Å². The van der Waals surface area contributed by atoms with Gasteiger partial charge in [0.2, 0.25) is 0 Å². The maximum atomic E-state index is 13.4. The van der Waals surface area contributed by atoms with Crippen LogP contribution in [0.1, 0.15) is 12.8 Å². The van der Waals surface area contributed by atoms with Gasteiger partial charge < -0.3 is 15.4 Å². The molecule has 1 unspecified atom stereocenters. The fourth-order valence-corrected chi connectivity index (χ4v) is 1.78. The number of hydrogen-bond acceptors (Lipinski definition) is 4. The standard InChI is InChI=1S/C11H15F2N3O/c1-14-10-8(12)5-9(13)11(16-10)15-6-7-3-2-4-17-7/h5,7H,2-4,6H2,1H3,(H2,14,15,16). The third-order valence-corrected chi connectivity index (χ3v) is 2.69. The lowest BCUT2D eigenvalue weighted by Gasteiger charge is -2.12. The average Bonchev–Trinajstić information content (AvgIpc) is 2.81. The van der Waals surface area contributed by atoms with Crippen molar-refractivity contribution in [3.8, 4) is 0 Å². The predicted octanol–water partition coefficient (Wildman–Crippen LogP) is 1.99. The van der Waals surface area contributed by atoms with Crippen LogP contribution in [0.15, 0.2) is 6.07 Å². The fraction of sp³-hybridized carbons (Fsp3) is 0.545. The van der Waals surface area contributed by atoms with Crippen molar-refractivity contribution in [1.29, 1.82) is 0 Å². The van der Waals surface area contributed by atoms with Crippen LogP contribution in [0.3, 0.4) is 0 Å². The first kappa shape index (κ1) is 12.0. The van der Waals surface area contributed by atoms with Crippen molar-refractivity contribution in [3.05, 3.63) is 17.7 Å². The maximum absolute atomic E-state index is 13.4. The van der Waals surface area contributed by atoms with Crippen molar-refractivity contribution < 1.29 is 13.5 Å². The van der Waals surface area contributed by atoms with Gasteiger partial charge in [-0.2, -0.15) is 0 Å². The van der Waals surface area contributed by atoms with Gasteiger partial charge in [0.1, 0.15) is 0 Å². The Kier molecular flexibility index (Phi) is 3.73. The summed E-state index contributed by atoms with van der Waals surface area (Å²) in [5, 5.41) is 5.41. The van der Waals surface area contributed by atoms with Crippen LogP contribution in [0, 0.1) is 11.6 Å². The van der Waals surface area contributed by atoms with Crippen LogP contribution in [0.5, 0.6) is 0 Å². The molecule has 0 saturated carbocycles. The predicted molar refractivity (Wildman–Crippen MR) is 61.2 cm³/mol. The van der Waals surface area contributed by atoms with Gasteiger partial charge in [-0.15, -0.1) is 0 Å². The summed E-state index contributed by atoms with van der Waals surface area (Å²) in [7, 11) is 1.53. The third kappa shape index (κ3) is 2.82. The number of pyridine rings is 1. The van der Waals surface area contributed by atoms with Gasteiger partial charge in [0.25, 0.3) is 0 Å². The molecule has 0 radical (unpaired) electrons. The van der Waals surface area contributed by atoms with Gasteiger partial charge in [0.05, 0.1) is 6.10 Å². The number of aromatic nitrogens is 1. The summed E-state index contributed by atoms with van der Waals surface area (Å²) < 4.78 is 32.0. The number of hydrogen-bond donors (Lipinski definition) is 2. The number of nitrogens with zero attached hydrogens (tertiary/aromatic N) is 1. The first-order chi connectivity index (χ1) is 8.20. The van der Waals surface area contributed by atoms with E-state index in [9.17, 15) is 8.78 Å². The van der Waals surface area contributed by atoms with E-state index in [2.05, 4.69) is 15.6 Å². The lowest BCUT2D eigenvalue weighted by atomic mass is 10.2. The highest BCUT2D eigenvalue weighted by atomic mass is 19.1. The molecular weight excluding hydrogens is 228 g/mol. The van der Waals surface area contributed by atoms with E-state index >= 15 is 0 Å². The smallest absolute Gasteiger partial charge is 0.168 e. The van der Waals surface area contributed by atoms with Crippen LogP contribution in [-0.4, -0.2) is 31.3 Å². The molecule has 1 saturated heterocycles. The number of nitrogens with one attached hydrogen (secondary N) is 2. The van der Waals surface area contributed by atoms with Crippen molar-refractivity contribution >= 4 is 11.6 Å². The zero-order valence-electron chi connectivity index (χ0n) is 9.59. The van der Waals surface area contributed by atoms with Gasteiger partial charge in [0, 0.05) is 26.3 Å². The molecule has 1 atom stereocenters. The Bertz CT molecular complexity index is 395. The van der Waals surface area contributed by atoms with E-state index in [1.54, 1.807) is 0 Å². The van der Waals surface area contributed by atoms with E-state index in [0.29, 0.717) is 6.54 Å². The zero-order chi connectivity index (χ0) is 12.3. The van der Waals surface area contributed by atoms with E-state index in [-0.39, 0.29) is 17.7 Å². The molecule has 1 aliphatic heterocycles. The van der Waals surface area contributed by atoms with E-state index < -0.39 is 11.6 Å². The fourth-order valence-electron chi connectivity index (χ4n) is 1.78. The lowest BCUT2D eigenvalue weighted by Crippen LogP contribution is -2.20. The van der Waals surface area contributed by atoms with Gasteiger partial charge in [-0.1, -0.05) is 0 Å². The Labute approximate surface area is 98.4 Å². The SMILES string of the molecule is CNc1nc(NCC2CCCO2)c(F)cc1F. The van der Waals surface area contributed by atoms with E-state index in [4.69, 9.17) is 4.74 Å². The van der Waals surface area contributed by atoms with Crippen LogP contribution in [0.4, 0.5) is 20.4 Å². The summed E-state index contributed by atoms with van der Waals surface area (Å²) >= 11 is 0. The number of ether oxygens (including phenoxy) is 1. The number of anilines is 2. The number of rotatable bonds is 4. The molecular formula is C11H15F2N3O. The molecule has 0 bridgehead atoms. The monoisotopic (exact) mass is 243 g/mol. The molecule has 94 valence electrons. The molecule has 2 rings (SSSR count). The molecule has 2 heterocycles. The van der Waals surface area contributed by atoms with Crippen molar-refractivity contribution in [2.75, 3.05) is 30.8 Å². The van der Waals surface area contributed by atoms with Crippen molar-refractivity contribution in [2.24, 2.45) is 0 Å². The topological polar surface area (TPSA) is 46.2 Å². The Morgan fingerprint density at radius 1 is 1.41 bits per heavy atom. The minimum Gasteiger partial charge on any atom is -0.376 e. The van der Waals surface area contributed by atoms with Gasteiger partial charge >= 0.3 is 0 Å². The normalized spacial score (nSPS) is 19.4. The van der Waals surface area contributed by atoms with Crippen LogP contribution < -0.4 is 10.6 Å². The zero-order valence-corrected chi connectivity index (χ0v) is 9.59. The molecule has 0 amide bonds. The van der Waals surface area contributed by atoms with Crippen molar-refractivity contribution in [2.45, 2.75) is 18.9 Å². The summed E-state index contributed by atoms with van der Waals surface area (Å²) in [5.74, 6) is -1.32. The van der Waals surface area contributed by atoms with E-state index in [1.165, 1.54) is 7.05 Å². The molecule has 0 aliphatic carbocycles. The van der Waals surface area contributed by atoms with Crippen molar-refractivity contribution in [1.82, 2.24) is 4.98 Å². The lowest BCUT2D eigenvalue weighted by molar-refractivity contribution is 0.120. The number of halogens is 2. The molecule has 0 spiro atoms. The second kappa shape index (κ2) is 5.27. The minimum absolute atomic E-state index is 0.0289. The van der Waals surface area contributed by atoms with Gasteiger partial charge in [-0.05, 0) is 12.8 Å². The summed E-state index contributed by atoms with van der Waals surface area (Å²) in [5.41, 5.74) is 0. The Balaban J connectivity index is 2.03. The Morgan fingerprint density at radius 3 is 2.82 bits per heavy atom. The van der Waals surface area contributed by atoms with Crippen LogP contribution in [-0.2, 0) is 4.74 Å². The largest absolute Gasteiger partial charge is 0.376 e. The van der Waals surface area contributed by atoms with Gasteiger partial charge in [-0.25, -0.2) is 13.8 Å². The highest BCUT2D eigenvalue weighted by Gasteiger charge is 2.17. The molecule has 17 heavy (non-hydrogen) atoms. The third-order valence-electron chi connectivity index (χ3n) is 2.69. The minimum atomic E-state index is -0.701. The van der Waals surface area contributed by atoms with Gasteiger partial charge in [-0.3, -0.25) is 0 Å². The molecule has 4 nitrogen and oxygen atoms in total. The molecule has 1 aliphatic rings. The summed E-state index contributed by atoms with van der Waals surface area (Å²) in [4.78, 5) is 3.82. The maximum Gasteiger partial charge on any atom is 0.168 e. The van der Waals surface area contributed by atoms with Crippen molar-refractivity contribution in [3.63, 3.8) is 0 Å². The quantitative estimate of drug-likeness (QED) is 0.849. The Hall–Kier alpha value is -1.43. The molecule has 0 aromatic carbocycles. The Morgan fingerprint density at radius 2 is 2.18 bits per heavy atom. The summed E-state index contributed by atoms with van der Waals surface area (Å²) in [6.45, 7) is 1.23. The first-order valence-corrected chi connectivity index (χ1v) is 5.60. The molecule has 1 aromatic rings. The molecule has 1 aromatic heterocycles. The van der Waals surface area contributed by atoms with E-state index in [1.807, 2.05) is 0 Å². The molecule has 6 heteroatoms. The highest BCUT2D eigenvalue weighted by molar-refractivity contribution is 5.47. The van der Waals surface area contributed by atoms with Crippen LogP contribution in [0.25, 0.3) is 0 Å². The average molecular weight is 243 g/mol. The second-order valence-corrected chi connectivity index (χ2v) is 3.92. The van der Waals surface area contributed by atoms with Crippen LogP contribution >= 0.6 is 0 Å². The second-order valence-electron chi connectivity index (χ2n) is 3.92. The summed E-state index contributed by atoms with van der Waals surface area (Å²) in [6.07, 6.45) is 2.06. The van der Waals surface area contributed by atoms with Gasteiger partial charge in [0.15, 0.2) is 23.3 Å². The highest BCUT2D eigenvalue weighted by Crippen LogP contribution is 2.19. The summed E-state index contributed by atoms with van der Waals surface area (Å²) in [6, 6.07) is 0.816. The molecule has 1 fully saturated rings. The van der Waals surface area contributed by atoms with E-state index in [0.717, 1.165) is 25.5 Å². The first-order valence-electron chi connectivity index (χ1n) is 5.60. The molecule has 2 N–H and O–H groups in total.